The zero-order valence-electron chi connectivity index (χ0n) is 14.0. The van der Waals surface area contributed by atoms with Gasteiger partial charge in [0.2, 0.25) is 0 Å². The molecule has 2 heterocycles. The highest BCUT2D eigenvalue weighted by atomic mass is 16.1. The van der Waals surface area contributed by atoms with E-state index in [1.54, 1.807) is 0 Å². The molecule has 0 saturated heterocycles. The first-order valence-corrected chi connectivity index (χ1v) is 8.33. The first-order valence-electron chi connectivity index (χ1n) is 8.33. The summed E-state index contributed by atoms with van der Waals surface area (Å²) in [5.41, 5.74) is 3.16. The standard InChI is InChI=1S/C21H20N2O/c1-14-6-7-17-11-18(9-8-16(17)10-14)21(24)19-12-22-20-5-3-4-15(2)23(20)13-19/h3-11,19H,12-13H2,1-2H3. The van der Waals surface area contributed by atoms with Gasteiger partial charge >= 0.3 is 0 Å². The van der Waals surface area contributed by atoms with Crippen molar-refractivity contribution in [3.05, 3.63) is 71.5 Å². The second-order valence-corrected chi connectivity index (χ2v) is 6.60. The molecule has 3 nitrogen and oxygen atoms in total. The molecule has 1 unspecified atom stereocenters. The molecule has 0 radical (unpaired) electrons. The van der Waals surface area contributed by atoms with Crippen LogP contribution in [-0.2, 0) is 0 Å². The summed E-state index contributed by atoms with van der Waals surface area (Å²) in [5, 5.41) is 2.29. The van der Waals surface area contributed by atoms with E-state index in [1.807, 2.05) is 30.4 Å². The lowest BCUT2D eigenvalue weighted by atomic mass is 9.93. The second-order valence-electron chi connectivity index (χ2n) is 6.60. The van der Waals surface area contributed by atoms with Crippen molar-refractivity contribution < 1.29 is 4.79 Å². The van der Waals surface area contributed by atoms with Crippen molar-refractivity contribution in [3.8, 4) is 0 Å². The molecule has 3 heteroatoms. The van der Waals surface area contributed by atoms with Crippen molar-refractivity contribution in [3.63, 3.8) is 0 Å². The average molecular weight is 316 g/mol. The highest BCUT2D eigenvalue weighted by molar-refractivity contribution is 6.03. The molecular formula is C21H20N2O. The smallest absolute Gasteiger partial charge is 0.169 e. The van der Waals surface area contributed by atoms with Gasteiger partial charge in [-0.15, -0.1) is 0 Å². The van der Waals surface area contributed by atoms with Gasteiger partial charge in [-0.05, 0) is 42.8 Å². The van der Waals surface area contributed by atoms with Crippen LogP contribution in [0.15, 0.2) is 65.3 Å². The minimum Gasteiger partial charge on any atom is -0.330 e. The molecule has 0 N–H and O–H groups in total. The Bertz CT molecular complexity index is 921. The lowest BCUT2D eigenvalue weighted by molar-refractivity contribution is 0.0907. The molecule has 120 valence electrons. The largest absolute Gasteiger partial charge is 0.330 e. The number of carbonyl (C=O) groups excluding carboxylic acids is 1. The van der Waals surface area contributed by atoms with Crippen molar-refractivity contribution in [2.24, 2.45) is 10.9 Å². The Hall–Kier alpha value is -2.68. The molecule has 0 spiro atoms. The molecule has 0 amide bonds. The fraction of sp³-hybridized carbons (Fsp3) is 0.238. The van der Waals surface area contributed by atoms with E-state index in [2.05, 4.69) is 48.0 Å². The number of hydrogen-bond donors (Lipinski definition) is 0. The molecule has 4 rings (SSSR count). The van der Waals surface area contributed by atoms with Crippen LogP contribution < -0.4 is 0 Å². The van der Waals surface area contributed by atoms with Crippen LogP contribution in [0, 0.1) is 12.8 Å². The van der Waals surface area contributed by atoms with Gasteiger partial charge in [0.05, 0.1) is 12.5 Å². The molecule has 2 aromatic rings. The quantitative estimate of drug-likeness (QED) is 0.780. The minimum atomic E-state index is -0.0912. The Balaban J connectivity index is 1.62. The maximum Gasteiger partial charge on any atom is 0.169 e. The monoisotopic (exact) mass is 316 g/mol. The number of ketones is 1. The van der Waals surface area contributed by atoms with Crippen molar-refractivity contribution in [2.75, 3.05) is 13.1 Å². The van der Waals surface area contributed by atoms with Crippen molar-refractivity contribution in [1.82, 2.24) is 4.90 Å². The van der Waals surface area contributed by atoms with Crippen LogP contribution in [0.1, 0.15) is 22.8 Å². The summed E-state index contributed by atoms with van der Waals surface area (Å²) in [5.74, 6) is 1.06. The van der Waals surface area contributed by atoms with E-state index in [0.717, 1.165) is 22.5 Å². The first-order chi connectivity index (χ1) is 11.6. The Labute approximate surface area is 142 Å². The van der Waals surface area contributed by atoms with E-state index in [-0.39, 0.29) is 11.7 Å². The number of benzene rings is 2. The fourth-order valence-electron chi connectivity index (χ4n) is 3.41. The van der Waals surface area contributed by atoms with E-state index < -0.39 is 0 Å². The number of rotatable bonds is 2. The zero-order chi connectivity index (χ0) is 16.7. The molecular weight excluding hydrogens is 296 g/mol. The number of fused-ring (bicyclic) bond motifs is 2. The van der Waals surface area contributed by atoms with Crippen LogP contribution in [0.25, 0.3) is 10.8 Å². The number of aryl methyl sites for hydroxylation is 1. The van der Waals surface area contributed by atoms with Gasteiger partial charge in [-0.25, -0.2) is 0 Å². The maximum atomic E-state index is 13.0. The summed E-state index contributed by atoms with van der Waals surface area (Å²) in [7, 11) is 0. The summed E-state index contributed by atoms with van der Waals surface area (Å²) in [6.45, 7) is 5.41. The minimum absolute atomic E-state index is 0.0912. The zero-order valence-corrected chi connectivity index (χ0v) is 14.0. The van der Waals surface area contributed by atoms with E-state index in [0.29, 0.717) is 13.1 Å². The molecule has 1 atom stereocenters. The molecule has 2 aliphatic heterocycles. The van der Waals surface area contributed by atoms with Crippen LogP contribution in [0.4, 0.5) is 0 Å². The van der Waals surface area contributed by atoms with E-state index in [4.69, 9.17) is 0 Å². The van der Waals surface area contributed by atoms with Crippen molar-refractivity contribution >= 4 is 22.4 Å². The molecule has 2 aromatic carbocycles. The van der Waals surface area contributed by atoms with Gasteiger partial charge in [0.1, 0.15) is 5.84 Å². The lowest BCUT2D eigenvalue weighted by Crippen LogP contribution is -2.42. The van der Waals surface area contributed by atoms with Crippen LogP contribution >= 0.6 is 0 Å². The normalized spacial score (nSPS) is 19.8. The molecule has 0 fully saturated rings. The van der Waals surface area contributed by atoms with Gasteiger partial charge in [-0.2, -0.15) is 0 Å². The number of nitrogens with zero attached hydrogens (tertiary/aromatic N) is 2. The van der Waals surface area contributed by atoms with Crippen LogP contribution in [-0.4, -0.2) is 29.6 Å². The van der Waals surface area contributed by atoms with Crippen LogP contribution in [0.2, 0.25) is 0 Å². The SMILES string of the molecule is CC1=CC=CC2=NCC(C(=O)c3ccc4cc(C)ccc4c3)CN12. The lowest BCUT2D eigenvalue weighted by Gasteiger charge is -2.34. The van der Waals surface area contributed by atoms with Crippen LogP contribution in [0.3, 0.4) is 0 Å². The number of carbonyl (C=O) groups is 1. The number of amidine groups is 1. The van der Waals surface area contributed by atoms with E-state index >= 15 is 0 Å². The molecule has 2 aliphatic rings. The topological polar surface area (TPSA) is 32.7 Å². The Morgan fingerprint density at radius 2 is 1.92 bits per heavy atom. The van der Waals surface area contributed by atoms with E-state index in [9.17, 15) is 4.79 Å². The summed E-state index contributed by atoms with van der Waals surface area (Å²) in [4.78, 5) is 19.7. The second kappa shape index (κ2) is 5.75. The molecule has 24 heavy (non-hydrogen) atoms. The van der Waals surface area contributed by atoms with Gasteiger partial charge in [0.15, 0.2) is 5.78 Å². The Morgan fingerprint density at radius 1 is 1.12 bits per heavy atom. The number of allylic oxidation sites excluding steroid dienone is 3. The predicted octanol–water partition coefficient (Wildman–Crippen LogP) is 4.13. The predicted molar refractivity (Wildman–Crippen MR) is 98.4 cm³/mol. The summed E-state index contributed by atoms with van der Waals surface area (Å²) < 4.78 is 0. The van der Waals surface area contributed by atoms with Gasteiger partial charge in [0, 0.05) is 17.8 Å². The Kier molecular flexibility index (Phi) is 3.57. The molecule has 0 aliphatic carbocycles. The van der Waals surface area contributed by atoms with Gasteiger partial charge in [-0.1, -0.05) is 42.0 Å². The van der Waals surface area contributed by atoms with Gasteiger partial charge < -0.3 is 4.90 Å². The van der Waals surface area contributed by atoms with Crippen molar-refractivity contribution in [2.45, 2.75) is 13.8 Å². The van der Waals surface area contributed by atoms with Crippen molar-refractivity contribution in [1.29, 1.82) is 0 Å². The van der Waals surface area contributed by atoms with Crippen LogP contribution in [0.5, 0.6) is 0 Å². The third-order valence-corrected chi connectivity index (χ3v) is 4.81. The number of aliphatic imine (C=N–C) groups is 1. The average Bonchev–Trinajstić information content (AvgIpc) is 2.61. The van der Waals surface area contributed by atoms with Gasteiger partial charge in [0.25, 0.3) is 0 Å². The highest BCUT2D eigenvalue weighted by Crippen LogP contribution is 2.24. The highest BCUT2D eigenvalue weighted by Gasteiger charge is 2.29. The summed E-state index contributed by atoms with van der Waals surface area (Å²) in [6.07, 6.45) is 6.08. The number of hydrogen-bond acceptors (Lipinski definition) is 3. The summed E-state index contributed by atoms with van der Waals surface area (Å²) in [6, 6.07) is 12.3. The van der Waals surface area contributed by atoms with E-state index in [1.165, 1.54) is 10.9 Å². The maximum absolute atomic E-state index is 13.0. The first kappa shape index (κ1) is 14.9. The molecule has 0 bridgehead atoms. The summed E-state index contributed by atoms with van der Waals surface area (Å²) >= 11 is 0. The fourth-order valence-corrected chi connectivity index (χ4v) is 3.41. The molecule has 0 aromatic heterocycles. The molecule has 0 saturated carbocycles. The third-order valence-electron chi connectivity index (χ3n) is 4.81. The van der Waals surface area contributed by atoms with Gasteiger partial charge in [-0.3, -0.25) is 9.79 Å². The Morgan fingerprint density at radius 3 is 2.79 bits per heavy atom. The number of Topliss-reactive ketones (excluding diaryl/α,β-unsaturated/α-hetero) is 1. The third kappa shape index (κ3) is 2.56.